The number of nitrogens with one attached hydrogen (secondary N) is 3. The molecule has 0 fully saturated rings. The van der Waals surface area contributed by atoms with Crippen molar-refractivity contribution in [2.75, 3.05) is 11.1 Å². The lowest BCUT2D eigenvalue weighted by Crippen LogP contribution is -2.23. The van der Waals surface area contributed by atoms with Gasteiger partial charge in [0.05, 0.1) is 11.4 Å². The van der Waals surface area contributed by atoms with E-state index in [0.717, 1.165) is 28.1 Å². The van der Waals surface area contributed by atoms with Gasteiger partial charge in [0.2, 0.25) is 5.91 Å². The second-order valence-electron chi connectivity index (χ2n) is 8.02. The van der Waals surface area contributed by atoms with Crippen LogP contribution in [-0.4, -0.2) is 36.4 Å². The fourth-order valence-electron chi connectivity index (χ4n) is 3.55. The summed E-state index contributed by atoms with van der Waals surface area (Å²) in [5, 5.41) is 12.1. The molecule has 0 saturated heterocycles. The SMILES string of the molecule is Cc1cccc(NC(=O)CSc2nnc(Cc3cc(=O)[nH]c(=O)[nH]3)n2-c2cc(C)ccc2C)c1. The number of hydrogen-bond donors (Lipinski definition) is 3. The summed E-state index contributed by atoms with van der Waals surface area (Å²) in [6, 6.07) is 15.0. The molecule has 2 aromatic heterocycles. The molecule has 3 N–H and O–H groups in total. The Morgan fingerprint density at radius 2 is 1.79 bits per heavy atom. The number of aromatic amines is 2. The molecule has 34 heavy (non-hydrogen) atoms. The number of benzene rings is 2. The zero-order chi connectivity index (χ0) is 24.2. The Hall–Kier alpha value is -3.92. The Morgan fingerprint density at radius 1 is 1.00 bits per heavy atom. The summed E-state index contributed by atoms with van der Waals surface area (Å²) in [5.41, 5.74) is 4.06. The molecule has 2 aromatic carbocycles. The first-order valence-corrected chi connectivity index (χ1v) is 11.6. The number of nitrogens with zero attached hydrogens (tertiary/aromatic N) is 3. The fraction of sp³-hybridized carbons (Fsp3) is 0.208. The average Bonchev–Trinajstić information content (AvgIpc) is 3.15. The molecule has 0 bridgehead atoms. The number of H-pyrrole nitrogens is 2. The van der Waals surface area contributed by atoms with Crippen LogP contribution >= 0.6 is 11.8 Å². The standard InChI is InChI=1S/C24H24N6O3S/c1-14-5-4-6-17(9-14)25-22(32)13-34-24-29-28-20(11-18-12-21(31)27-23(33)26-18)30(24)19-10-15(2)7-8-16(19)3/h4-10,12H,11,13H2,1-3H3,(H,25,32)(H2,26,27,31,33). The monoisotopic (exact) mass is 476 g/mol. The van der Waals surface area contributed by atoms with Crippen LogP contribution in [0, 0.1) is 20.8 Å². The number of thioether (sulfide) groups is 1. The molecule has 0 atom stereocenters. The highest BCUT2D eigenvalue weighted by atomic mass is 32.2. The molecule has 4 aromatic rings. The van der Waals surface area contributed by atoms with Crippen molar-refractivity contribution in [2.24, 2.45) is 0 Å². The van der Waals surface area contributed by atoms with E-state index in [9.17, 15) is 14.4 Å². The smallest absolute Gasteiger partial charge is 0.325 e. The number of carbonyl (C=O) groups is 1. The molecule has 10 heteroatoms. The maximum atomic E-state index is 12.6. The van der Waals surface area contributed by atoms with Gasteiger partial charge >= 0.3 is 5.69 Å². The maximum Gasteiger partial charge on any atom is 0.325 e. The minimum Gasteiger partial charge on any atom is -0.325 e. The normalized spacial score (nSPS) is 10.9. The molecular weight excluding hydrogens is 452 g/mol. The van der Waals surface area contributed by atoms with Crippen LogP contribution in [0.15, 0.2) is 63.3 Å². The van der Waals surface area contributed by atoms with Crippen LogP contribution in [0.4, 0.5) is 5.69 Å². The Kier molecular flexibility index (Phi) is 6.78. The molecule has 0 saturated carbocycles. The van der Waals surface area contributed by atoms with Crippen molar-refractivity contribution in [1.29, 1.82) is 0 Å². The average molecular weight is 477 g/mol. The third-order valence-corrected chi connectivity index (χ3v) is 6.03. The highest BCUT2D eigenvalue weighted by molar-refractivity contribution is 7.99. The molecule has 0 radical (unpaired) electrons. The third-order valence-electron chi connectivity index (χ3n) is 5.10. The fourth-order valence-corrected chi connectivity index (χ4v) is 4.31. The van der Waals surface area contributed by atoms with Crippen LogP contribution in [0.3, 0.4) is 0 Å². The first-order chi connectivity index (χ1) is 16.3. The van der Waals surface area contributed by atoms with Crippen LogP contribution in [0.25, 0.3) is 5.69 Å². The van der Waals surface area contributed by atoms with Crippen molar-refractivity contribution in [3.63, 3.8) is 0 Å². The molecule has 0 aliphatic rings. The molecule has 4 rings (SSSR count). The summed E-state index contributed by atoms with van der Waals surface area (Å²) in [6.07, 6.45) is 0.190. The zero-order valence-corrected chi connectivity index (χ0v) is 19.8. The molecule has 0 aliphatic heterocycles. The summed E-state index contributed by atoms with van der Waals surface area (Å²) in [7, 11) is 0. The maximum absolute atomic E-state index is 12.6. The van der Waals surface area contributed by atoms with E-state index in [1.165, 1.54) is 17.8 Å². The van der Waals surface area contributed by atoms with E-state index in [1.807, 2.05) is 67.8 Å². The van der Waals surface area contributed by atoms with Gasteiger partial charge in [-0.3, -0.25) is 19.1 Å². The molecule has 174 valence electrons. The highest BCUT2D eigenvalue weighted by Crippen LogP contribution is 2.26. The Bertz CT molecular complexity index is 1440. The van der Waals surface area contributed by atoms with Crippen molar-refractivity contribution in [2.45, 2.75) is 32.3 Å². The third kappa shape index (κ3) is 5.52. The van der Waals surface area contributed by atoms with Crippen molar-refractivity contribution in [3.8, 4) is 5.69 Å². The molecule has 0 aliphatic carbocycles. The van der Waals surface area contributed by atoms with Gasteiger partial charge in [-0.05, 0) is 55.7 Å². The van der Waals surface area contributed by atoms with Gasteiger partial charge < -0.3 is 10.3 Å². The first kappa shape index (κ1) is 23.2. The minimum atomic E-state index is -0.581. The van der Waals surface area contributed by atoms with Gasteiger partial charge in [0.1, 0.15) is 5.82 Å². The Morgan fingerprint density at radius 3 is 2.56 bits per heavy atom. The highest BCUT2D eigenvalue weighted by Gasteiger charge is 2.18. The number of hydrogen-bond acceptors (Lipinski definition) is 6. The van der Waals surface area contributed by atoms with Gasteiger partial charge in [0, 0.05) is 23.9 Å². The lowest BCUT2D eigenvalue weighted by atomic mass is 10.1. The van der Waals surface area contributed by atoms with E-state index in [4.69, 9.17) is 0 Å². The van der Waals surface area contributed by atoms with Crippen molar-refractivity contribution < 1.29 is 4.79 Å². The second-order valence-corrected chi connectivity index (χ2v) is 8.96. The van der Waals surface area contributed by atoms with E-state index in [0.29, 0.717) is 16.7 Å². The summed E-state index contributed by atoms with van der Waals surface area (Å²) >= 11 is 1.26. The van der Waals surface area contributed by atoms with Crippen molar-refractivity contribution in [1.82, 2.24) is 24.7 Å². The molecule has 0 unspecified atom stereocenters. The van der Waals surface area contributed by atoms with Crippen LogP contribution in [0.5, 0.6) is 0 Å². The topological polar surface area (TPSA) is 126 Å². The number of aromatic nitrogens is 5. The van der Waals surface area contributed by atoms with Gasteiger partial charge in [-0.1, -0.05) is 36.0 Å². The second kappa shape index (κ2) is 9.92. The molecular formula is C24H24N6O3S. The number of aryl methyl sites for hydroxylation is 3. The Balaban J connectivity index is 1.64. The number of carbonyl (C=O) groups excluding carboxylic acids is 1. The Labute approximate surface area is 199 Å². The predicted molar refractivity (Wildman–Crippen MR) is 132 cm³/mol. The lowest BCUT2D eigenvalue weighted by Gasteiger charge is -2.14. The van der Waals surface area contributed by atoms with E-state index in [1.54, 1.807) is 0 Å². The number of anilines is 1. The van der Waals surface area contributed by atoms with E-state index >= 15 is 0 Å². The number of amides is 1. The van der Waals surface area contributed by atoms with Crippen LogP contribution in [0.1, 0.15) is 28.2 Å². The largest absolute Gasteiger partial charge is 0.325 e. The first-order valence-electron chi connectivity index (χ1n) is 10.6. The summed E-state index contributed by atoms with van der Waals surface area (Å²) in [5.74, 6) is 0.516. The summed E-state index contributed by atoms with van der Waals surface area (Å²) in [4.78, 5) is 40.8. The van der Waals surface area contributed by atoms with Crippen molar-refractivity contribution in [3.05, 3.63) is 97.6 Å². The van der Waals surface area contributed by atoms with Gasteiger partial charge in [0.15, 0.2) is 5.16 Å². The molecule has 2 heterocycles. The van der Waals surface area contributed by atoms with Gasteiger partial charge in [0.25, 0.3) is 5.56 Å². The number of rotatable bonds is 7. The van der Waals surface area contributed by atoms with Gasteiger partial charge in [-0.15, -0.1) is 10.2 Å². The zero-order valence-electron chi connectivity index (χ0n) is 19.0. The quantitative estimate of drug-likeness (QED) is 0.352. The lowest BCUT2D eigenvalue weighted by molar-refractivity contribution is -0.113. The van der Waals surface area contributed by atoms with Crippen LogP contribution in [0.2, 0.25) is 0 Å². The van der Waals surface area contributed by atoms with E-state index in [2.05, 4.69) is 25.5 Å². The minimum absolute atomic E-state index is 0.138. The van der Waals surface area contributed by atoms with E-state index < -0.39 is 11.2 Å². The van der Waals surface area contributed by atoms with Crippen molar-refractivity contribution >= 4 is 23.4 Å². The molecule has 9 nitrogen and oxygen atoms in total. The predicted octanol–water partition coefficient (Wildman–Crippen LogP) is 2.89. The van der Waals surface area contributed by atoms with Crippen LogP contribution < -0.4 is 16.6 Å². The molecule has 1 amide bonds. The van der Waals surface area contributed by atoms with Crippen LogP contribution in [-0.2, 0) is 11.2 Å². The molecule has 0 spiro atoms. The van der Waals surface area contributed by atoms with Gasteiger partial charge in [-0.25, -0.2) is 4.79 Å². The van der Waals surface area contributed by atoms with E-state index in [-0.39, 0.29) is 18.1 Å². The van der Waals surface area contributed by atoms with Gasteiger partial charge in [-0.2, -0.15) is 0 Å². The summed E-state index contributed by atoms with van der Waals surface area (Å²) in [6.45, 7) is 5.93. The summed E-state index contributed by atoms with van der Waals surface area (Å²) < 4.78 is 1.87.